The van der Waals surface area contributed by atoms with Gasteiger partial charge in [0.15, 0.2) is 0 Å². The lowest BCUT2D eigenvalue weighted by Crippen LogP contribution is -2.15. The average Bonchev–Trinajstić information content (AvgIpc) is 2.23. The number of methoxy groups -OCH3 is 1. The van der Waals surface area contributed by atoms with Crippen molar-refractivity contribution in [3.05, 3.63) is 28.2 Å². The van der Waals surface area contributed by atoms with Crippen molar-refractivity contribution in [2.75, 3.05) is 17.0 Å². The highest BCUT2D eigenvalue weighted by Gasteiger charge is 2.13. The van der Waals surface area contributed by atoms with Crippen LogP contribution < -0.4 is 4.72 Å². The maximum atomic E-state index is 11.3. The summed E-state index contributed by atoms with van der Waals surface area (Å²) >= 11 is 8.65. The summed E-state index contributed by atoms with van der Waals surface area (Å²) < 4.78 is 30.8. The minimum atomic E-state index is -3.49. The van der Waals surface area contributed by atoms with Gasteiger partial charge in [0.1, 0.15) is 5.21 Å². The van der Waals surface area contributed by atoms with E-state index in [1.54, 1.807) is 19.2 Å². The molecular formula is C9H11BrClNO3S. The average molecular weight is 329 g/mol. The fourth-order valence-corrected chi connectivity index (χ4v) is 2.37. The summed E-state index contributed by atoms with van der Waals surface area (Å²) in [7, 11) is -1.95. The molecule has 0 aliphatic rings. The Kier molecular flexibility index (Phi) is 5.04. The lowest BCUT2D eigenvalue weighted by Gasteiger charge is -2.12. The molecule has 0 aliphatic heterocycles. The summed E-state index contributed by atoms with van der Waals surface area (Å²) in [5.41, 5.74) is 1.20. The third kappa shape index (κ3) is 3.62. The molecule has 0 bridgehead atoms. The lowest BCUT2D eigenvalue weighted by atomic mass is 10.2. The van der Waals surface area contributed by atoms with Crippen LogP contribution in [0, 0.1) is 0 Å². The van der Waals surface area contributed by atoms with Crippen LogP contribution in [0.5, 0.6) is 0 Å². The van der Waals surface area contributed by atoms with Gasteiger partial charge in [0, 0.05) is 17.1 Å². The number of halogens is 2. The first-order valence-electron chi connectivity index (χ1n) is 4.33. The van der Waals surface area contributed by atoms with Gasteiger partial charge in [-0.05, 0) is 12.1 Å². The number of anilines is 1. The second-order valence-electron chi connectivity index (χ2n) is 3.02. The topological polar surface area (TPSA) is 55.4 Å². The molecule has 0 amide bonds. The molecule has 1 N–H and O–H groups in total. The van der Waals surface area contributed by atoms with Gasteiger partial charge < -0.3 is 4.74 Å². The Morgan fingerprint density at radius 2 is 2.19 bits per heavy atom. The summed E-state index contributed by atoms with van der Waals surface area (Å²) in [5, 5.41) is -0.480. The van der Waals surface area contributed by atoms with Gasteiger partial charge in [-0.1, -0.05) is 22.0 Å². The Balaban J connectivity index is 3.08. The summed E-state index contributed by atoms with van der Waals surface area (Å²) in [6.07, 6.45) is 0. The van der Waals surface area contributed by atoms with Crippen molar-refractivity contribution < 1.29 is 13.2 Å². The summed E-state index contributed by atoms with van der Waals surface area (Å²) in [6, 6.07) is 5.20. The number of nitrogens with one attached hydrogen (secondary N) is 1. The predicted octanol–water partition coefficient (Wildman–Crippen LogP) is 2.53. The SMILES string of the molecule is COCc1c(Br)cccc1NS(=O)(=O)CCl. The van der Waals surface area contributed by atoms with Gasteiger partial charge in [0.05, 0.1) is 12.3 Å². The summed E-state index contributed by atoms with van der Waals surface area (Å²) in [6.45, 7) is 0.307. The molecule has 1 rings (SSSR count). The molecule has 0 saturated carbocycles. The minimum absolute atomic E-state index is 0.307. The van der Waals surface area contributed by atoms with E-state index >= 15 is 0 Å². The Bertz CT molecular complexity index is 464. The molecule has 0 spiro atoms. The van der Waals surface area contributed by atoms with Crippen LogP contribution in [0.2, 0.25) is 0 Å². The first kappa shape index (κ1) is 13.8. The second-order valence-corrected chi connectivity index (χ2v) is 6.19. The van der Waals surface area contributed by atoms with Crippen molar-refractivity contribution in [3.63, 3.8) is 0 Å². The van der Waals surface area contributed by atoms with Gasteiger partial charge in [0.2, 0.25) is 10.0 Å². The second kappa shape index (κ2) is 5.86. The van der Waals surface area contributed by atoms with E-state index in [-0.39, 0.29) is 0 Å². The highest BCUT2D eigenvalue weighted by molar-refractivity contribution is 9.10. The zero-order valence-electron chi connectivity index (χ0n) is 8.54. The fraction of sp³-hybridized carbons (Fsp3) is 0.333. The third-order valence-electron chi connectivity index (χ3n) is 1.82. The third-order valence-corrected chi connectivity index (χ3v) is 4.24. The van der Waals surface area contributed by atoms with Crippen LogP contribution in [0.4, 0.5) is 5.69 Å². The quantitative estimate of drug-likeness (QED) is 0.845. The Labute approximate surface area is 108 Å². The molecule has 0 heterocycles. The maximum Gasteiger partial charge on any atom is 0.246 e. The lowest BCUT2D eigenvalue weighted by molar-refractivity contribution is 0.185. The summed E-state index contributed by atoms with van der Waals surface area (Å²) in [4.78, 5) is 0. The fourth-order valence-electron chi connectivity index (χ4n) is 1.14. The zero-order chi connectivity index (χ0) is 12.2. The molecule has 0 fully saturated rings. The largest absolute Gasteiger partial charge is 0.380 e. The van der Waals surface area contributed by atoms with Crippen LogP contribution >= 0.6 is 27.5 Å². The van der Waals surface area contributed by atoms with Crippen LogP contribution in [0.15, 0.2) is 22.7 Å². The Morgan fingerprint density at radius 3 is 2.75 bits per heavy atom. The Morgan fingerprint density at radius 1 is 1.50 bits per heavy atom. The van der Waals surface area contributed by atoms with Crippen LogP contribution in [0.3, 0.4) is 0 Å². The van der Waals surface area contributed by atoms with E-state index in [2.05, 4.69) is 20.7 Å². The highest BCUT2D eigenvalue weighted by atomic mass is 79.9. The molecule has 1 aromatic rings. The van der Waals surface area contributed by atoms with Crippen molar-refractivity contribution >= 4 is 43.2 Å². The monoisotopic (exact) mass is 327 g/mol. The van der Waals surface area contributed by atoms with Crippen molar-refractivity contribution in [1.29, 1.82) is 0 Å². The van der Waals surface area contributed by atoms with Crippen molar-refractivity contribution in [2.45, 2.75) is 6.61 Å². The number of hydrogen-bond acceptors (Lipinski definition) is 3. The molecule has 0 unspecified atom stereocenters. The normalized spacial score (nSPS) is 11.4. The van der Waals surface area contributed by atoms with E-state index in [0.29, 0.717) is 12.3 Å². The Hall–Kier alpha value is -0.300. The molecule has 90 valence electrons. The van der Waals surface area contributed by atoms with Crippen molar-refractivity contribution in [1.82, 2.24) is 0 Å². The molecule has 0 radical (unpaired) electrons. The van der Waals surface area contributed by atoms with Crippen molar-refractivity contribution in [3.8, 4) is 0 Å². The van der Waals surface area contributed by atoms with E-state index in [9.17, 15) is 8.42 Å². The minimum Gasteiger partial charge on any atom is -0.380 e. The first-order valence-corrected chi connectivity index (χ1v) is 7.31. The van der Waals surface area contributed by atoms with Gasteiger partial charge >= 0.3 is 0 Å². The standard InChI is InChI=1S/C9H11BrClNO3S/c1-15-5-7-8(10)3-2-4-9(7)12-16(13,14)6-11/h2-4,12H,5-6H2,1H3. The van der Waals surface area contributed by atoms with E-state index < -0.39 is 15.2 Å². The van der Waals surface area contributed by atoms with E-state index in [0.717, 1.165) is 10.0 Å². The van der Waals surface area contributed by atoms with Gasteiger partial charge in [-0.25, -0.2) is 8.42 Å². The molecule has 0 saturated heterocycles. The van der Waals surface area contributed by atoms with E-state index in [4.69, 9.17) is 16.3 Å². The maximum absolute atomic E-state index is 11.3. The number of rotatable bonds is 5. The molecular weight excluding hydrogens is 318 g/mol. The number of ether oxygens (including phenoxy) is 1. The zero-order valence-corrected chi connectivity index (χ0v) is 11.7. The predicted molar refractivity (Wildman–Crippen MR) is 68.1 cm³/mol. The smallest absolute Gasteiger partial charge is 0.246 e. The van der Waals surface area contributed by atoms with Crippen LogP contribution in [-0.4, -0.2) is 20.7 Å². The molecule has 0 atom stereocenters. The molecule has 4 nitrogen and oxygen atoms in total. The van der Waals surface area contributed by atoms with Crippen LogP contribution in [0.25, 0.3) is 0 Å². The number of sulfonamides is 1. The molecule has 16 heavy (non-hydrogen) atoms. The molecule has 7 heteroatoms. The van der Waals surface area contributed by atoms with Gasteiger partial charge in [-0.2, -0.15) is 0 Å². The first-order chi connectivity index (χ1) is 7.50. The highest BCUT2D eigenvalue weighted by Crippen LogP contribution is 2.26. The number of hydrogen-bond donors (Lipinski definition) is 1. The van der Waals surface area contributed by atoms with Crippen LogP contribution in [-0.2, 0) is 21.4 Å². The van der Waals surface area contributed by atoms with Crippen LogP contribution in [0.1, 0.15) is 5.56 Å². The van der Waals surface area contributed by atoms with E-state index in [1.807, 2.05) is 6.07 Å². The van der Waals surface area contributed by atoms with Gasteiger partial charge in [0.25, 0.3) is 0 Å². The summed E-state index contributed by atoms with van der Waals surface area (Å²) in [5.74, 6) is 0. The van der Waals surface area contributed by atoms with Crippen molar-refractivity contribution in [2.24, 2.45) is 0 Å². The van der Waals surface area contributed by atoms with Gasteiger partial charge in [-0.15, -0.1) is 11.6 Å². The number of alkyl halides is 1. The molecule has 1 aromatic carbocycles. The molecule has 0 aromatic heterocycles. The number of benzene rings is 1. The van der Waals surface area contributed by atoms with E-state index in [1.165, 1.54) is 0 Å². The molecule has 0 aliphatic carbocycles. The van der Waals surface area contributed by atoms with Gasteiger partial charge in [-0.3, -0.25) is 4.72 Å².